The van der Waals surface area contributed by atoms with Crippen molar-refractivity contribution in [2.75, 3.05) is 37.2 Å². The molecule has 49 heavy (non-hydrogen) atoms. The van der Waals surface area contributed by atoms with E-state index in [0.29, 0.717) is 18.5 Å². The Morgan fingerprint density at radius 1 is 1.02 bits per heavy atom. The number of phenols is 2. The molecule has 0 radical (unpaired) electrons. The Balaban J connectivity index is 1.24. The van der Waals surface area contributed by atoms with Crippen molar-refractivity contribution in [2.45, 2.75) is 88.2 Å². The number of sulfonamides is 1. The van der Waals surface area contributed by atoms with Crippen LogP contribution >= 0.6 is 11.6 Å². The van der Waals surface area contributed by atoms with E-state index in [4.69, 9.17) is 11.6 Å². The number of carboxylic acid groups (broad SMARTS) is 1. The standard InChI is InChI=1S/C36H51ClN4O7S/c1-49(47,48)40-30-23-26(12-14-32(30)43)33(44)25-39-20-10-6-4-2-3-5-8-18-36(27-13-15-31(42)29(37)24-27)19-9-7-11-34(36)41(35(45)46)28-16-21-38-22-17-28/h7,9,11-15,23-24,28,33,38-40,42-44H,2-6,8,10,16-22,25H2,1H3,(H,45,46)/t33-,36?/m0/s1. The van der Waals surface area contributed by atoms with Crippen molar-refractivity contribution in [2.24, 2.45) is 0 Å². The molecule has 2 aromatic carbocycles. The predicted molar refractivity (Wildman–Crippen MR) is 194 cm³/mol. The van der Waals surface area contributed by atoms with Crippen molar-refractivity contribution in [3.8, 4) is 11.5 Å². The van der Waals surface area contributed by atoms with Gasteiger partial charge in [-0.1, -0.05) is 74.4 Å². The molecule has 1 amide bonds. The number of nitrogens with zero attached hydrogens (tertiary/aromatic N) is 1. The molecule has 0 bridgehead atoms. The van der Waals surface area contributed by atoms with Crippen molar-refractivity contribution in [1.29, 1.82) is 0 Å². The minimum absolute atomic E-state index is 0.00712. The number of piperidine rings is 1. The van der Waals surface area contributed by atoms with Crippen LogP contribution in [0.25, 0.3) is 0 Å². The van der Waals surface area contributed by atoms with Gasteiger partial charge in [0.25, 0.3) is 0 Å². The minimum atomic E-state index is -3.56. The number of anilines is 1. The van der Waals surface area contributed by atoms with Crippen LogP contribution in [0, 0.1) is 0 Å². The molecule has 1 aliphatic carbocycles. The fourth-order valence-electron chi connectivity index (χ4n) is 6.93. The van der Waals surface area contributed by atoms with Crippen molar-refractivity contribution in [3.63, 3.8) is 0 Å². The van der Waals surface area contributed by atoms with Crippen molar-refractivity contribution < 1.29 is 33.6 Å². The van der Waals surface area contributed by atoms with Gasteiger partial charge in [0.1, 0.15) is 11.5 Å². The van der Waals surface area contributed by atoms with Crippen LogP contribution in [0.15, 0.2) is 60.3 Å². The van der Waals surface area contributed by atoms with E-state index in [1.54, 1.807) is 23.1 Å². The molecule has 2 aliphatic rings. The molecule has 2 atom stereocenters. The number of carbonyl (C=O) groups is 1. The smallest absolute Gasteiger partial charge is 0.411 e. The molecule has 2 aromatic rings. The topological polar surface area (TPSA) is 171 Å². The number of unbranched alkanes of at least 4 members (excludes halogenated alkanes) is 6. The Bertz CT molecular complexity index is 1580. The second kappa shape index (κ2) is 18.1. The number of hydrogen-bond acceptors (Lipinski definition) is 8. The molecule has 0 spiro atoms. The molecule has 0 saturated carbocycles. The molecule has 1 unspecified atom stereocenters. The maximum absolute atomic E-state index is 12.8. The number of hydrogen-bond donors (Lipinski definition) is 7. The van der Waals surface area contributed by atoms with Crippen LogP contribution in [0.5, 0.6) is 11.5 Å². The van der Waals surface area contributed by atoms with Crippen molar-refractivity contribution >= 4 is 33.4 Å². The summed E-state index contributed by atoms with van der Waals surface area (Å²) in [6.07, 6.45) is 15.3. The van der Waals surface area contributed by atoms with E-state index in [0.717, 1.165) is 101 Å². The van der Waals surface area contributed by atoms with Gasteiger partial charge in [0.15, 0.2) is 0 Å². The van der Waals surface area contributed by atoms with E-state index >= 15 is 0 Å². The Labute approximate surface area is 295 Å². The molecule has 11 nitrogen and oxygen atoms in total. The van der Waals surface area contributed by atoms with Crippen molar-refractivity contribution in [1.82, 2.24) is 15.5 Å². The van der Waals surface area contributed by atoms with Crippen LogP contribution in [0.4, 0.5) is 10.5 Å². The summed E-state index contributed by atoms with van der Waals surface area (Å²) in [4.78, 5) is 14.4. The van der Waals surface area contributed by atoms with Gasteiger partial charge in [-0.05, 0) is 93.2 Å². The summed E-state index contributed by atoms with van der Waals surface area (Å²) in [7, 11) is -3.56. The summed E-state index contributed by atoms with van der Waals surface area (Å²) in [5, 5.41) is 47.9. The average molecular weight is 719 g/mol. The minimum Gasteiger partial charge on any atom is -0.506 e. The molecule has 270 valence electrons. The van der Waals surface area contributed by atoms with Crippen LogP contribution in [-0.4, -0.2) is 78.3 Å². The highest BCUT2D eigenvalue weighted by Gasteiger charge is 2.43. The van der Waals surface area contributed by atoms with Gasteiger partial charge >= 0.3 is 6.09 Å². The summed E-state index contributed by atoms with van der Waals surface area (Å²) in [6.45, 7) is 2.60. The van der Waals surface area contributed by atoms with Crippen LogP contribution in [0.1, 0.15) is 87.9 Å². The molecule has 1 fully saturated rings. The molecular weight excluding hydrogens is 668 g/mol. The quantitative estimate of drug-likeness (QED) is 0.0682. The molecule has 0 aromatic heterocycles. The third-order valence-corrected chi connectivity index (χ3v) is 10.4. The summed E-state index contributed by atoms with van der Waals surface area (Å²) in [5.74, 6) is -0.200. The SMILES string of the molecule is CS(=O)(=O)Nc1cc([C@@H](O)CNCCCCCCCCCC2(c3ccc(O)c(Cl)c3)CC=CC=C2N(C(=O)O)C2CCNCC2)ccc1O. The Morgan fingerprint density at radius 2 is 1.69 bits per heavy atom. The van der Waals surface area contributed by atoms with E-state index in [2.05, 4.69) is 21.4 Å². The van der Waals surface area contributed by atoms with Crippen LogP contribution < -0.4 is 15.4 Å². The molecule has 1 aliphatic heterocycles. The van der Waals surface area contributed by atoms with E-state index in [1.807, 2.05) is 18.2 Å². The summed E-state index contributed by atoms with van der Waals surface area (Å²) >= 11 is 6.40. The predicted octanol–water partition coefficient (Wildman–Crippen LogP) is 6.38. The van der Waals surface area contributed by atoms with Crippen LogP contribution in [-0.2, 0) is 15.4 Å². The van der Waals surface area contributed by atoms with Gasteiger partial charge in [-0.3, -0.25) is 9.62 Å². The van der Waals surface area contributed by atoms with E-state index in [9.17, 15) is 33.6 Å². The van der Waals surface area contributed by atoms with E-state index in [1.165, 1.54) is 12.1 Å². The Hall–Kier alpha value is -3.29. The average Bonchev–Trinajstić information content (AvgIpc) is 3.06. The zero-order valence-electron chi connectivity index (χ0n) is 28.2. The van der Waals surface area contributed by atoms with E-state index < -0.39 is 27.6 Å². The maximum atomic E-state index is 12.8. The molecule has 1 saturated heterocycles. The number of halogens is 1. The zero-order chi connectivity index (χ0) is 35.4. The highest BCUT2D eigenvalue weighted by atomic mass is 35.5. The Kier molecular flexibility index (Phi) is 14.2. The number of phenolic OH excluding ortho intramolecular Hbond substituents is 2. The van der Waals surface area contributed by atoms with Crippen LogP contribution in [0.3, 0.4) is 0 Å². The summed E-state index contributed by atoms with van der Waals surface area (Å²) in [6, 6.07) is 9.52. The number of rotatable bonds is 18. The first kappa shape index (κ1) is 38.5. The molecule has 13 heteroatoms. The lowest BCUT2D eigenvalue weighted by atomic mass is 9.68. The van der Waals surface area contributed by atoms with Gasteiger partial charge in [-0.25, -0.2) is 13.2 Å². The summed E-state index contributed by atoms with van der Waals surface area (Å²) < 4.78 is 25.3. The number of aliphatic hydroxyl groups is 1. The lowest BCUT2D eigenvalue weighted by Crippen LogP contribution is -2.50. The lowest BCUT2D eigenvalue weighted by Gasteiger charge is -2.45. The second-order valence-corrected chi connectivity index (χ2v) is 15.3. The first-order chi connectivity index (χ1) is 23.4. The second-order valence-electron chi connectivity index (χ2n) is 13.2. The molecule has 4 rings (SSSR count). The number of amides is 1. The lowest BCUT2D eigenvalue weighted by molar-refractivity contribution is 0.120. The first-order valence-electron chi connectivity index (χ1n) is 17.2. The van der Waals surface area contributed by atoms with Gasteiger partial charge < -0.3 is 31.1 Å². The number of benzene rings is 2. The number of allylic oxidation sites excluding steroid dienone is 4. The maximum Gasteiger partial charge on any atom is 0.411 e. The first-order valence-corrected chi connectivity index (χ1v) is 19.5. The highest BCUT2D eigenvalue weighted by molar-refractivity contribution is 7.92. The number of aliphatic hydroxyl groups excluding tert-OH is 1. The van der Waals surface area contributed by atoms with Gasteiger partial charge in [-0.15, -0.1) is 0 Å². The van der Waals surface area contributed by atoms with Gasteiger partial charge in [0, 0.05) is 23.7 Å². The normalized spacial score (nSPS) is 19.0. The fraction of sp³-hybridized carbons (Fsp3) is 0.528. The molecule has 7 N–H and O–H groups in total. The molecule has 1 heterocycles. The number of nitrogens with one attached hydrogen (secondary N) is 3. The third-order valence-electron chi connectivity index (χ3n) is 9.48. The number of aromatic hydroxyl groups is 2. The highest BCUT2D eigenvalue weighted by Crippen LogP contribution is 2.47. The van der Waals surface area contributed by atoms with Gasteiger partial charge in [-0.2, -0.15) is 0 Å². The van der Waals surface area contributed by atoms with Crippen molar-refractivity contribution in [3.05, 3.63) is 76.5 Å². The monoisotopic (exact) mass is 718 g/mol. The van der Waals surface area contributed by atoms with Crippen LogP contribution in [0.2, 0.25) is 5.02 Å². The van der Waals surface area contributed by atoms with Gasteiger partial charge in [0.2, 0.25) is 10.0 Å². The zero-order valence-corrected chi connectivity index (χ0v) is 29.8. The molecular formula is C36H51ClN4O7S. The van der Waals surface area contributed by atoms with Gasteiger partial charge in [0.05, 0.1) is 23.1 Å². The fourth-order valence-corrected chi connectivity index (χ4v) is 7.67. The largest absolute Gasteiger partial charge is 0.506 e. The third kappa shape index (κ3) is 10.8. The Morgan fingerprint density at radius 3 is 2.37 bits per heavy atom. The summed E-state index contributed by atoms with van der Waals surface area (Å²) in [5.41, 5.74) is 1.66. The van der Waals surface area contributed by atoms with E-state index in [-0.39, 0.29) is 28.3 Å².